The fourth-order valence-electron chi connectivity index (χ4n) is 4.01. The van der Waals surface area contributed by atoms with Crippen molar-refractivity contribution >= 4 is 5.97 Å². The molecule has 0 bridgehead atoms. The highest BCUT2D eigenvalue weighted by atomic mass is 16.5. The number of methoxy groups -OCH3 is 1. The molecule has 3 rings (SSSR count). The normalized spacial score (nSPS) is 30.0. The second-order valence-electron chi connectivity index (χ2n) is 6.22. The van der Waals surface area contributed by atoms with Gasteiger partial charge in [0.25, 0.3) is 0 Å². The van der Waals surface area contributed by atoms with Crippen LogP contribution in [0.1, 0.15) is 48.5 Å². The fraction of sp³-hybridized carbons (Fsp3) is 0.733. The molecule has 1 N–H and O–H groups in total. The number of hydrogen-bond acceptors (Lipinski definition) is 5. The first-order chi connectivity index (χ1) is 10.1. The number of aromatic carboxylic acids is 1. The molecule has 1 saturated heterocycles. The number of oxazole rings is 1. The summed E-state index contributed by atoms with van der Waals surface area (Å²) in [5.74, 6) is -0.563. The number of aromatic nitrogens is 1. The van der Waals surface area contributed by atoms with Gasteiger partial charge in [-0.1, -0.05) is 6.42 Å². The molecule has 0 amide bonds. The van der Waals surface area contributed by atoms with Crippen LogP contribution in [0.2, 0.25) is 0 Å². The van der Waals surface area contributed by atoms with Crippen LogP contribution in [0.15, 0.2) is 10.7 Å². The Morgan fingerprint density at radius 2 is 2.38 bits per heavy atom. The SMILES string of the molecule is CO[C@@H]1CCC[C@]12CCCN(Cc1nc(C(=O)O)co1)C2. The highest BCUT2D eigenvalue weighted by Gasteiger charge is 2.45. The lowest BCUT2D eigenvalue weighted by atomic mass is 9.76. The predicted molar refractivity (Wildman–Crippen MR) is 75.1 cm³/mol. The summed E-state index contributed by atoms with van der Waals surface area (Å²) in [7, 11) is 1.81. The molecule has 6 heteroatoms. The third-order valence-electron chi connectivity index (χ3n) is 4.93. The molecule has 2 aliphatic rings. The zero-order valence-corrected chi connectivity index (χ0v) is 12.4. The van der Waals surface area contributed by atoms with Gasteiger partial charge in [0.1, 0.15) is 6.26 Å². The van der Waals surface area contributed by atoms with Crippen LogP contribution < -0.4 is 0 Å². The maximum atomic E-state index is 10.8. The lowest BCUT2D eigenvalue weighted by Gasteiger charge is -2.43. The summed E-state index contributed by atoms with van der Waals surface area (Å²) in [5.41, 5.74) is 0.238. The number of hydrogen-bond donors (Lipinski definition) is 1. The molecule has 1 aromatic rings. The zero-order valence-electron chi connectivity index (χ0n) is 12.4. The fourth-order valence-corrected chi connectivity index (χ4v) is 4.01. The molecule has 2 fully saturated rings. The van der Waals surface area contributed by atoms with Crippen LogP contribution in [-0.4, -0.2) is 47.3 Å². The standard InChI is InChI=1S/C15H22N2O4/c1-20-12-4-2-5-15(12)6-3-7-17(10-15)8-13-16-11(9-21-13)14(18)19/h9,12H,2-8,10H2,1H3,(H,18,19)/t12-,15-/m1/s1. The zero-order chi connectivity index (χ0) is 14.9. The van der Waals surface area contributed by atoms with Crippen molar-refractivity contribution in [2.75, 3.05) is 20.2 Å². The quantitative estimate of drug-likeness (QED) is 0.917. The number of likely N-dealkylation sites (tertiary alicyclic amines) is 1. The van der Waals surface area contributed by atoms with Crippen LogP contribution in [0.3, 0.4) is 0 Å². The number of rotatable bonds is 4. The van der Waals surface area contributed by atoms with E-state index in [0.717, 1.165) is 25.9 Å². The molecule has 1 aromatic heterocycles. The van der Waals surface area contributed by atoms with Crippen molar-refractivity contribution in [2.45, 2.75) is 44.8 Å². The minimum absolute atomic E-state index is 0.0210. The molecular weight excluding hydrogens is 272 g/mol. The number of ether oxygens (including phenoxy) is 1. The minimum atomic E-state index is -1.05. The van der Waals surface area contributed by atoms with E-state index in [-0.39, 0.29) is 11.1 Å². The summed E-state index contributed by atoms with van der Waals surface area (Å²) in [6.07, 6.45) is 7.51. The van der Waals surface area contributed by atoms with Gasteiger partial charge in [-0.05, 0) is 32.2 Å². The van der Waals surface area contributed by atoms with Gasteiger partial charge in [-0.25, -0.2) is 9.78 Å². The third-order valence-corrected chi connectivity index (χ3v) is 4.93. The van der Waals surface area contributed by atoms with Crippen molar-refractivity contribution in [3.63, 3.8) is 0 Å². The van der Waals surface area contributed by atoms with Gasteiger partial charge in [0.2, 0.25) is 5.89 Å². The van der Waals surface area contributed by atoms with E-state index in [1.54, 1.807) is 0 Å². The topological polar surface area (TPSA) is 75.8 Å². The Hall–Kier alpha value is -1.40. The molecule has 2 heterocycles. The largest absolute Gasteiger partial charge is 0.476 e. The molecule has 2 atom stereocenters. The highest BCUT2D eigenvalue weighted by molar-refractivity contribution is 5.84. The average molecular weight is 294 g/mol. The van der Waals surface area contributed by atoms with E-state index in [0.29, 0.717) is 18.5 Å². The van der Waals surface area contributed by atoms with Crippen LogP contribution in [-0.2, 0) is 11.3 Å². The van der Waals surface area contributed by atoms with Gasteiger partial charge in [0, 0.05) is 19.1 Å². The van der Waals surface area contributed by atoms with E-state index in [1.165, 1.54) is 25.5 Å². The first-order valence-electron chi connectivity index (χ1n) is 7.56. The van der Waals surface area contributed by atoms with Gasteiger partial charge in [-0.2, -0.15) is 0 Å². The molecule has 6 nitrogen and oxygen atoms in total. The predicted octanol–water partition coefficient (Wildman–Crippen LogP) is 2.15. The average Bonchev–Trinajstić information content (AvgIpc) is 3.06. The molecule has 1 aliphatic carbocycles. The van der Waals surface area contributed by atoms with Crippen LogP contribution in [0, 0.1) is 5.41 Å². The number of carboxylic acid groups (broad SMARTS) is 1. The summed E-state index contributed by atoms with van der Waals surface area (Å²) in [6, 6.07) is 0. The third kappa shape index (κ3) is 2.82. The lowest BCUT2D eigenvalue weighted by molar-refractivity contribution is -0.0381. The Morgan fingerprint density at radius 3 is 3.10 bits per heavy atom. The van der Waals surface area contributed by atoms with Gasteiger partial charge in [0.15, 0.2) is 5.69 Å². The summed E-state index contributed by atoms with van der Waals surface area (Å²) in [5, 5.41) is 8.89. The van der Waals surface area contributed by atoms with Crippen molar-refractivity contribution < 1.29 is 19.1 Å². The van der Waals surface area contributed by atoms with Crippen LogP contribution in [0.25, 0.3) is 0 Å². The molecule has 1 saturated carbocycles. The first kappa shape index (κ1) is 14.5. The second-order valence-corrected chi connectivity index (χ2v) is 6.22. The van der Waals surface area contributed by atoms with E-state index in [4.69, 9.17) is 14.3 Å². The molecule has 0 radical (unpaired) electrons. The minimum Gasteiger partial charge on any atom is -0.476 e. The Morgan fingerprint density at radius 1 is 1.57 bits per heavy atom. The van der Waals surface area contributed by atoms with Gasteiger partial charge in [-0.15, -0.1) is 0 Å². The number of carbonyl (C=O) groups is 1. The number of nitrogens with zero attached hydrogens (tertiary/aromatic N) is 2. The van der Waals surface area contributed by atoms with Crippen LogP contribution >= 0.6 is 0 Å². The van der Waals surface area contributed by atoms with Gasteiger partial charge in [0.05, 0.1) is 12.6 Å². The van der Waals surface area contributed by atoms with E-state index >= 15 is 0 Å². The Labute approximate surface area is 124 Å². The van der Waals surface area contributed by atoms with E-state index in [9.17, 15) is 4.79 Å². The summed E-state index contributed by atoms with van der Waals surface area (Å²) in [6.45, 7) is 2.56. The Bertz CT molecular complexity index is 516. The maximum absolute atomic E-state index is 10.8. The highest BCUT2D eigenvalue weighted by Crippen LogP contribution is 2.46. The molecular formula is C15H22N2O4. The maximum Gasteiger partial charge on any atom is 0.357 e. The van der Waals surface area contributed by atoms with E-state index in [1.807, 2.05) is 7.11 Å². The first-order valence-corrected chi connectivity index (χ1v) is 7.56. The summed E-state index contributed by atoms with van der Waals surface area (Å²) in [4.78, 5) is 17.2. The van der Waals surface area contributed by atoms with Gasteiger partial charge in [-0.3, -0.25) is 4.90 Å². The van der Waals surface area contributed by atoms with E-state index in [2.05, 4.69) is 9.88 Å². The van der Waals surface area contributed by atoms with Crippen molar-refractivity contribution in [3.8, 4) is 0 Å². The summed E-state index contributed by atoms with van der Waals surface area (Å²) < 4.78 is 11.0. The molecule has 1 spiro atoms. The molecule has 21 heavy (non-hydrogen) atoms. The summed E-state index contributed by atoms with van der Waals surface area (Å²) >= 11 is 0. The molecule has 0 unspecified atom stereocenters. The molecule has 1 aliphatic heterocycles. The van der Waals surface area contributed by atoms with Crippen molar-refractivity contribution in [1.82, 2.24) is 9.88 Å². The van der Waals surface area contributed by atoms with Crippen molar-refractivity contribution in [3.05, 3.63) is 17.8 Å². The van der Waals surface area contributed by atoms with E-state index < -0.39 is 5.97 Å². The van der Waals surface area contributed by atoms with Crippen LogP contribution in [0.4, 0.5) is 0 Å². The van der Waals surface area contributed by atoms with Gasteiger partial charge < -0.3 is 14.3 Å². The monoisotopic (exact) mass is 294 g/mol. The van der Waals surface area contributed by atoms with Crippen molar-refractivity contribution in [1.29, 1.82) is 0 Å². The number of carboxylic acids is 1. The lowest BCUT2D eigenvalue weighted by Crippen LogP contribution is -2.47. The Kier molecular flexibility index (Phi) is 3.99. The smallest absolute Gasteiger partial charge is 0.357 e. The van der Waals surface area contributed by atoms with Crippen LogP contribution in [0.5, 0.6) is 0 Å². The molecule has 116 valence electrons. The van der Waals surface area contributed by atoms with Gasteiger partial charge >= 0.3 is 5.97 Å². The second kappa shape index (κ2) is 5.77. The number of piperidine rings is 1. The van der Waals surface area contributed by atoms with Crippen molar-refractivity contribution in [2.24, 2.45) is 5.41 Å². The molecule has 0 aromatic carbocycles. The Balaban J connectivity index is 1.67.